The van der Waals surface area contributed by atoms with Crippen LogP contribution in [0, 0.1) is 16.3 Å². The molecular weight excluding hydrogens is 376 g/mol. The van der Waals surface area contributed by atoms with Crippen LogP contribution in [-0.2, 0) is 0 Å². The summed E-state index contributed by atoms with van der Waals surface area (Å²) in [6.07, 6.45) is 0. The van der Waals surface area contributed by atoms with Gasteiger partial charge in [0.1, 0.15) is 5.82 Å². The first kappa shape index (κ1) is 14.3. The number of rotatable bonds is 3. The molecule has 0 aliphatic carbocycles. The molecule has 0 fully saturated rings. The van der Waals surface area contributed by atoms with Crippen LogP contribution < -0.4 is 5.32 Å². The van der Waals surface area contributed by atoms with E-state index in [2.05, 4.69) is 40.5 Å². The Labute approximate surface area is 130 Å². The lowest BCUT2D eigenvalue weighted by Gasteiger charge is -2.12. The van der Waals surface area contributed by atoms with Crippen LogP contribution in [0.5, 0.6) is 0 Å². The third kappa shape index (κ3) is 3.48. The van der Waals surface area contributed by atoms with Gasteiger partial charge in [0.25, 0.3) is 0 Å². The molecule has 0 unspecified atom stereocenters. The number of hydrogen-bond donors (Lipinski definition) is 2. The molecule has 19 heavy (non-hydrogen) atoms. The van der Waals surface area contributed by atoms with Crippen molar-refractivity contribution in [3.8, 4) is 0 Å². The van der Waals surface area contributed by atoms with E-state index in [-0.39, 0.29) is 5.56 Å². The highest BCUT2D eigenvalue weighted by Crippen LogP contribution is 2.26. The molecule has 2 aromatic rings. The lowest BCUT2D eigenvalue weighted by Crippen LogP contribution is -2.01. The summed E-state index contributed by atoms with van der Waals surface area (Å²) in [4.78, 5) is 11.4. The fraction of sp³-hybridized carbons (Fsp3) is 0.0714. The summed E-state index contributed by atoms with van der Waals surface area (Å²) in [7, 11) is 0. The Kier molecular flexibility index (Phi) is 4.46. The van der Waals surface area contributed by atoms with Gasteiger partial charge in [-0.2, -0.15) is 0 Å². The molecule has 2 nitrogen and oxygen atoms in total. The molecular formula is C14H11FINOS. The largest absolute Gasteiger partial charge is 0.355 e. The maximum absolute atomic E-state index is 13.2. The molecule has 0 saturated heterocycles. The second-order valence-corrected chi connectivity index (χ2v) is 5.73. The van der Waals surface area contributed by atoms with Gasteiger partial charge in [0.15, 0.2) is 0 Å². The molecule has 0 saturated carbocycles. The Hall–Kier alpha value is -1.08. The molecule has 0 heterocycles. The summed E-state index contributed by atoms with van der Waals surface area (Å²) in [5.41, 5.74) is 2.70. The number of halogens is 2. The van der Waals surface area contributed by atoms with E-state index >= 15 is 0 Å². The van der Waals surface area contributed by atoms with Gasteiger partial charge in [0, 0.05) is 9.26 Å². The Balaban J connectivity index is 2.40. The van der Waals surface area contributed by atoms with Gasteiger partial charge in [-0.05, 0) is 71.5 Å². The Bertz CT molecular complexity index is 645. The van der Waals surface area contributed by atoms with E-state index in [1.54, 1.807) is 0 Å². The van der Waals surface area contributed by atoms with Gasteiger partial charge in [-0.15, -0.1) is 12.6 Å². The standard InChI is InChI=1S/C14H11FINOS/c1-8-6-10(16)3-5-12(8)17-13-4-2-9(15)7-11(13)14(18)19/h2-7,17H,1H3,(H,18,19). The summed E-state index contributed by atoms with van der Waals surface area (Å²) < 4.78 is 14.3. The van der Waals surface area contributed by atoms with Crippen molar-refractivity contribution in [1.29, 1.82) is 0 Å². The smallest absolute Gasteiger partial charge is 0.218 e. The second-order valence-electron chi connectivity index (χ2n) is 4.08. The van der Waals surface area contributed by atoms with Gasteiger partial charge in [0.2, 0.25) is 5.12 Å². The van der Waals surface area contributed by atoms with Gasteiger partial charge >= 0.3 is 0 Å². The first-order valence-electron chi connectivity index (χ1n) is 5.53. The Morgan fingerprint density at radius 2 is 1.89 bits per heavy atom. The molecule has 0 amide bonds. The van der Waals surface area contributed by atoms with Gasteiger partial charge < -0.3 is 5.32 Å². The van der Waals surface area contributed by atoms with Crippen LogP contribution in [0.2, 0.25) is 0 Å². The second kappa shape index (κ2) is 5.92. The summed E-state index contributed by atoms with van der Waals surface area (Å²) in [5, 5.41) is 2.67. The monoisotopic (exact) mass is 387 g/mol. The molecule has 0 spiro atoms. The average molecular weight is 387 g/mol. The zero-order valence-corrected chi connectivity index (χ0v) is 13.1. The van der Waals surface area contributed by atoms with Gasteiger partial charge in [-0.1, -0.05) is 0 Å². The fourth-order valence-corrected chi connectivity index (χ4v) is 2.55. The van der Waals surface area contributed by atoms with E-state index in [1.165, 1.54) is 18.2 Å². The topological polar surface area (TPSA) is 29.1 Å². The number of carbonyl (C=O) groups excluding carboxylic acids is 1. The first-order valence-corrected chi connectivity index (χ1v) is 7.06. The predicted molar refractivity (Wildman–Crippen MR) is 86.9 cm³/mol. The number of anilines is 2. The summed E-state index contributed by atoms with van der Waals surface area (Å²) in [6.45, 7) is 1.97. The number of benzene rings is 2. The van der Waals surface area contributed by atoms with Crippen molar-refractivity contribution in [1.82, 2.24) is 0 Å². The molecule has 1 N–H and O–H groups in total. The lowest BCUT2D eigenvalue weighted by atomic mass is 10.1. The number of aryl methyl sites for hydroxylation is 1. The van der Waals surface area contributed by atoms with E-state index in [9.17, 15) is 9.18 Å². The van der Waals surface area contributed by atoms with Crippen molar-refractivity contribution < 1.29 is 9.18 Å². The summed E-state index contributed by atoms with van der Waals surface area (Å²) >= 11 is 6.00. The maximum Gasteiger partial charge on any atom is 0.218 e. The van der Waals surface area contributed by atoms with Crippen molar-refractivity contribution in [3.63, 3.8) is 0 Å². The highest BCUT2D eigenvalue weighted by atomic mass is 127. The van der Waals surface area contributed by atoms with Crippen LogP contribution in [0.4, 0.5) is 15.8 Å². The molecule has 0 bridgehead atoms. The van der Waals surface area contributed by atoms with E-state index in [4.69, 9.17) is 0 Å². The Morgan fingerprint density at radius 1 is 1.21 bits per heavy atom. The SMILES string of the molecule is Cc1cc(I)ccc1Nc1ccc(F)cc1C(=O)S. The number of thiol groups is 1. The molecule has 0 aliphatic rings. The quantitative estimate of drug-likeness (QED) is 0.598. The van der Waals surface area contributed by atoms with Gasteiger partial charge in [-0.25, -0.2) is 4.39 Å². The molecule has 2 aromatic carbocycles. The summed E-state index contributed by atoms with van der Waals surface area (Å²) in [6, 6.07) is 9.93. The zero-order valence-electron chi connectivity index (χ0n) is 10.1. The highest BCUT2D eigenvalue weighted by Gasteiger charge is 2.10. The number of hydrogen-bond acceptors (Lipinski definition) is 2. The van der Waals surface area contributed by atoms with Crippen LogP contribution >= 0.6 is 35.2 Å². The molecule has 0 aromatic heterocycles. The predicted octanol–water partition coefficient (Wildman–Crippen LogP) is 4.55. The minimum atomic E-state index is -0.467. The highest BCUT2D eigenvalue weighted by molar-refractivity contribution is 14.1. The van der Waals surface area contributed by atoms with Crippen molar-refractivity contribution >= 4 is 51.7 Å². The lowest BCUT2D eigenvalue weighted by molar-refractivity contribution is 0.109. The minimum Gasteiger partial charge on any atom is -0.355 e. The van der Waals surface area contributed by atoms with Crippen molar-refractivity contribution in [2.75, 3.05) is 5.32 Å². The molecule has 5 heteroatoms. The van der Waals surface area contributed by atoms with Crippen LogP contribution in [0.1, 0.15) is 15.9 Å². The van der Waals surface area contributed by atoms with Crippen molar-refractivity contribution in [2.24, 2.45) is 0 Å². The third-order valence-corrected chi connectivity index (χ3v) is 3.58. The summed E-state index contributed by atoms with van der Waals surface area (Å²) in [5.74, 6) is -0.456. The molecule has 0 radical (unpaired) electrons. The van der Waals surface area contributed by atoms with Crippen LogP contribution in [0.3, 0.4) is 0 Å². The van der Waals surface area contributed by atoms with Gasteiger partial charge in [0.05, 0.1) is 11.3 Å². The van der Waals surface area contributed by atoms with E-state index < -0.39 is 10.9 Å². The number of nitrogens with one attached hydrogen (secondary N) is 1. The van der Waals surface area contributed by atoms with Gasteiger partial charge in [-0.3, -0.25) is 4.79 Å². The molecule has 0 atom stereocenters. The number of carbonyl (C=O) groups is 1. The first-order chi connectivity index (χ1) is 8.97. The Morgan fingerprint density at radius 3 is 2.53 bits per heavy atom. The molecule has 98 valence electrons. The maximum atomic E-state index is 13.2. The van der Waals surface area contributed by atoms with E-state index in [1.807, 2.05) is 25.1 Å². The van der Waals surface area contributed by atoms with Crippen LogP contribution in [0.25, 0.3) is 0 Å². The average Bonchev–Trinajstić information content (AvgIpc) is 2.34. The molecule has 2 rings (SSSR count). The van der Waals surface area contributed by atoms with Crippen LogP contribution in [0.15, 0.2) is 36.4 Å². The van der Waals surface area contributed by atoms with Crippen molar-refractivity contribution in [3.05, 3.63) is 56.9 Å². The van der Waals surface area contributed by atoms with Crippen molar-refractivity contribution in [2.45, 2.75) is 6.92 Å². The van der Waals surface area contributed by atoms with E-state index in [0.717, 1.165) is 14.8 Å². The van der Waals surface area contributed by atoms with Crippen LogP contribution in [-0.4, -0.2) is 5.12 Å². The fourth-order valence-electron chi connectivity index (χ4n) is 1.71. The molecule has 0 aliphatic heterocycles. The normalized spacial score (nSPS) is 10.3. The zero-order chi connectivity index (χ0) is 14.0. The third-order valence-electron chi connectivity index (χ3n) is 2.67. The minimum absolute atomic E-state index is 0.223. The van der Waals surface area contributed by atoms with E-state index in [0.29, 0.717) is 5.69 Å².